The topological polar surface area (TPSA) is 43.2 Å². The molecule has 0 amide bonds. The Labute approximate surface area is 163 Å². The van der Waals surface area contributed by atoms with Gasteiger partial charge in [0.1, 0.15) is 29.1 Å². The molecule has 0 atom stereocenters. The van der Waals surface area contributed by atoms with Crippen LogP contribution in [0.25, 0.3) is 0 Å². The first-order valence-electron chi connectivity index (χ1n) is 9.37. The van der Waals surface area contributed by atoms with E-state index in [-0.39, 0.29) is 17.8 Å². The van der Waals surface area contributed by atoms with E-state index in [0.29, 0.717) is 37.8 Å². The number of hydrogen-bond acceptors (Lipinski definition) is 4. The molecule has 0 saturated carbocycles. The van der Waals surface area contributed by atoms with Gasteiger partial charge >= 0.3 is 0 Å². The van der Waals surface area contributed by atoms with Crippen molar-refractivity contribution in [3.8, 4) is 6.07 Å². The number of anilines is 1. The van der Waals surface area contributed by atoms with Crippen LogP contribution in [-0.2, 0) is 13.0 Å². The van der Waals surface area contributed by atoms with E-state index >= 15 is 0 Å². The maximum absolute atomic E-state index is 14.4. The van der Waals surface area contributed by atoms with E-state index in [1.165, 1.54) is 6.07 Å². The van der Waals surface area contributed by atoms with Crippen LogP contribution in [0.3, 0.4) is 0 Å². The van der Waals surface area contributed by atoms with E-state index in [1.807, 2.05) is 21.9 Å². The van der Waals surface area contributed by atoms with Crippen molar-refractivity contribution in [1.29, 1.82) is 5.26 Å². The van der Waals surface area contributed by atoms with Crippen LogP contribution in [0, 0.1) is 34.7 Å². The molecule has 0 N–H and O–H groups in total. The van der Waals surface area contributed by atoms with E-state index in [4.69, 9.17) is 0 Å². The first-order valence-corrected chi connectivity index (χ1v) is 9.37. The second kappa shape index (κ2) is 8.61. The van der Waals surface area contributed by atoms with Crippen LogP contribution < -0.4 is 4.90 Å². The summed E-state index contributed by atoms with van der Waals surface area (Å²) in [5.41, 5.74) is 1.76. The Morgan fingerprint density at radius 1 is 1.07 bits per heavy atom. The maximum atomic E-state index is 14.4. The number of piperazine rings is 1. The molecule has 1 fully saturated rings. The molecule has 7 heteroatoms. The third-order valence-electron chi connectivity index (χ3n) is 4.86. The van der Waals surface area contributed by atoms with Crippen LogP contribution in [0.1, 0.15) is 30.7 Å². The van der Waals surface area contributed by atoms with Gasteiger partial charge in [0.25, 0.3) is 0 Å². The zero-order chi connectivity index (χ0) is 20.3. The van der Waals surface area contributed by atoms with Crippen molar-refractivity contribution in [1.82, 2.24) is 9.88 Å². The molecule has 148 valence electrons. The summed E-state index contributed by atoms with van der Waals surface area (Å²) in [5, 5.41) is 9.39. The van der Waals surface area contributed by atoms with Gasteiger partial charge in [-0.05, 0) is 30.0 Å². The largest absolute Gasteiger partial charge is 0.368 e. The number of nitrogens with zero attached hydrogens (tertiary/aromatic N) is 4. The van der Waals surface area contributed by atoms with Gasteiger partial charge < -0.3 is 4.90 Å². The highest BCUT2D eigenvalue weighted by atomic mass is 19.1. The van der Waals surface area contributed by atoms with Gasteiger partial charge in [-0.3, -0.25) is 9.88 Å². The molecule has 3 rings (SSSR count). The molecule has 1 aliphatic heterocycles. The Bertz CT molecular complexity index is 884. The van der Waals surface area contributed by atoms with Gasteiger partial charge in [0.15, 0.2) is 0 Å². The zero-order valence-electron chi connectivity index (χ0n) is 16.1. The molecule has 1 aromatic heterocycles. The van der Waals surface area contributed by atoms with Crippen molar-refractivity contribution >= 4 is 5.69 Å². The predicted octanol–water partition coefficient (Wildman–Crippen LogP) is 3.89. The average Bonchev–Trinajstić information content (AvgIpc) is 2.64. The fourth-order valence-electron chi connectivity index (χ4n) is 3.51. The third-order valence-corrected chi connectivity index (χ3v) is 4.86. The monoisotopic (exact) mass is 388 g/mol. The Morgan fingerprint density at radius 3 is 2.39 bits per heavy atom. The van der Waals surface area contributed by atoms with Crippen LogP contribution in [0.15, 0.2) is 24.4 Å². The smallest absolute Gasteiger partial charge is 0.148 e. The van der Waals surface area contributed by atoms with E-state index in [2.05, 4.69) is 18.8 Å². The van der Waals surface area contributed by atoms with E-state index in [9.17, 15) is 18.4 Å². The zero-order valence-corrected chi connectivity index (χ0v) is 16.1. The van der Waals surface area contributed by atoms with Crippen LogP contribution in [0.5, 0.6) is 0 Å². The van der Waals surface area contributed by atoms with Crippen molar-refractivity contribution in [2.24, 2.45) is 5.92 Å². The summed E-state index contributed by atoms with van der Waals surface area (Å²) in [4.78, 5) is 7.84. The highest BCUT2D eigenvalue weighted by molar-refractivity contribution is 5.62. The summed E-state index contributed by atoms with van der Waals surface area (Å²) in [5.74, 6) is -1.46. The van der Waals surface area contributed by atoms with E-state index < -0.39 is 17.5 Å². The molecule has 1 aromatic carbocycles. The van der Waals surface area contributed by atoms with Crippen LogP contribution in [-0.4, -0.2) is 36.1 Å². The molecule has 0 aliphatic carbocycles. The molecule has 28 heavy (non-hydrogen) atoms. The summed E-state index contributed by atoms with van der Waals surface area (Å²) in [7, 11) is 0. The number of pyridine rings is 1. The SMILES string of the molecule is CC(C)Cc1cc(F)c(C#N)c(N2CCN(Cc3ncc(F)cc3F)CC2)c1. The summed E-state index contributed by atoms with van der Waals surface area (Å²) in [6.45, 7) is 6.81. The first kappa shape index (κ1) is 20.2. The Balaban J connectivity index is 1.72. The van der Waals surface area contributed by atoms with Crippen molar-refractivity contribution < 1.29 is 13.2 Å². The van der Waals surface area contributed by atoms with Crippen molar-refractivity contribution in [2.45, 2.75) is 26.8 Å². The number of hydrogen-bond donors (Lipinski definition) is 0. The highest BCUT2D eigenvalue weighted by Gasteiger charge is 2.23. The first-order chi connectivity index (χ1) is 13.4. The molecule has 0 spiro atoms. The van der Waals surface area contributed by atoms with Gasteiger partial charge in [-0.15, -0.1) is 0 Å². The van der Waals surface area contributed by atoms with Crippen molar-refractivity contribution in [2.75, 3.05) is 31.1 Å². The summed E-state index contributed by atoms with van der Waals surface area (Å²) < 4.78 is 41.2. The lowest BCUT2D eigenvalue weighted by Crippen LogP contribution is -2.46. The Hall–Kier alpha value is -2.59. The van der Waals surface area contributed by atoms with E-state index in [1.54, 1.807) is 0 Å². The maximum Gasteiger partial charge on any atom is 0.148 e. The van der Waals surface area contributed by atoms with E-state index in [0.717, 1.165) is 24.2 Å². The number of benzene rings is 1. The summed E-state index contributed by atoms with van der Waals surface area (Å²) in [6.07, 6.45) is 1.75. The molecule has 1 aliphatic rings. The second-order valence-electron chi connectivity index (χ2n) is 7.53. The third kappa shape index (κ3) is 4.63. The van der Waals surface area contributed by atoms with Gasteiger partial charge in [0.2, 0.25) is 0 Å². The molecular formula is C21H23F3N4. The fourth-order valence-corrected chi connectivity index (χ4v) is 3.51. The second-order valence-corrected chi connectivity index (χ2v) is 7.53. The highest BCUT2D eigenvalue weighted by Crippen LogP contribution is 2.27. The van der Waals surface area contributed by atoms with Gasteiger partial charge in [0.05, 0.1) is 17.6 Å². The minimum atomic E-state index is -0.696. The average molecular weight is 388 g/mol. The number of nitriles is 1. The van der Waals surface area contributed by atoms with Crippen LogP contribution in [0.4, 0.5) is 18.9 Å². The Morgan fingerprint density at radius 2 is 1.79 bits per heavy atom. The molecule has 0 unspecified atom stereocenters. The molecule has 2 aromatic rings. The summed E-state index contributed by atoms with van der Waals surface area (Å²) >= 11 is 0. The predicted molar refractivity (Wildman–Crippen MR) is 101 cm³/mol. The lowest BCUT2D eigenvalue weighted by Gasteiger charge is -2.36. The number of rotatable bonds is 5. The molecule has 2 heterocycles. The van der Waals surface area contributed by atoms with Gasteiger partial charge in [-0.25, -0.2) is 13.2 Å². The molecular weight excluding hydrogens is 365 g/mol. The Kier molecular flexibility index (Phi) is 6.20. The minimum absolute atomic E-state index is 0.0622. The summed E-state index contributed by atoms with van der Waals surface area (Å²) in [6, 6.07) is 6.16. The minimum Gasteiger partial charge on any atom is -0.368 e. The standard InChI is InChI=1S/C21H23F3N4/c1-14(2)7-15-8-18(23)17(11-25)21(9-15)28-5-3-27(4-6-28)13-20-19(24)10-16(22)12-26-20/h8-10,12,14H,3-7,13H2,1-2H3. The normalized spacial score (nSPS) is 15.1. The van der Waals surface area contributed by atoms with Gasteiger partial charge in [0, 0.05) is 38.8 Å². The number of aromatic nitrogens is 1. The quantitative estimate of drug-likeness (QED) is 0.779. The lowest BCUT2D eigenvalue weighted by molar-refractivity contribution is 0.243. The van der Waals surface area contributed by atoms with Crippen molar-refractivity contribution in [3.63, 3.8) is 0 Å². The molecule has 4 nitrogen and oxygen atoms in total. The lowest BCUT2D eigenvalue weighted by atomic mass is 9.99. The van der Waals surface area contributed by atoms with Crippen LogP contribution >= 0.6 is 0 Å². The molecule has 1 saturated heterocycles. The molecule has 0 bridgehead atoms. The van der Waals surface area contributed by atoms with Gasteiger partial charge in [-0.2, -0.15) is 5.26 Å². The fraction of sp³-hybridized carbons (Fsp3) is 0.429. The van der Waals surface area contributed by atoms with Crippen LogP contribution in [0.2, 0.25) is 0 Å². The van der Waals surface area contributed by atoms with Gasteiger partial charge in [-0.1, -0.05) is 13.8 Å². The number of halogens is 3. The molecule has 0 radical (unpaired) electrons. The van der Waals surface area contributed by atoms with Crippen molar-refractivity contribution in [3.05, 3.63) is 58.7 Å².